The van der Waals surface area contributed by atoms with E-state index in [0.717, 1.165) is 11.1 Å². The second-order valence-corrected chi connectivity index (χ2v) is 7.20. The minimum Gasteiger partial charge on any atom is -0.423 e. The van der Waals surface area contributed by atoms with Crippen molar-refractivity contribution in [2.45, 2.75) is 19.4 Å². The molecule has 0 saturated heterocycles. The predicted molar refractivity (Wildman–Crippen MR) is 120 cm³/mol. The van der Waals surface area contributed by atoms with Gasteiger partial charge in [0, 0.05) is 25.0 Å². The van der Waals surface area contributed by atoms with E-state index in [2.05, 4.69) is 5.10 Å². The Morgan fingerprint density at radius 2 is 1.58 bits per heavy atom. The zero-order valence-electron chi connectivity index (χ0n) is 17.1. The predicted octanol–water partition coefficient (Wildman–Crippen LogP) is 5.00. The number of benzene rings is 3. The molecule has 0 saturated carbocycles. The van der Waals surface area contributed by atoms with Crippen LogP contribution in [0.25, 0.3) is 6.08 Å². The van der Waals surface area contributed by atoms with Crippen LogP contribution in [0.4, 0.5) is 0 Å². The van der Waals surface area contributed by atoms with Gasteiger partial charge in [0.05, 0.1) is 11.8 Å². The molecule has 5 heteroatoms. The molecule has 3 aromatic carbocycles. The molecule has 0 N–H and O–H groups in total. The Morgan fingerprint density at radius 1 is 0.935 bits per heavy atom. The van der Waals surface area contributed by atoms with Crippen molar-refractivity contribution in [3.05, 3.63) is 108 Å². The maximum Gasteiger partial charge on any atom is 0.336 e. The first-order valence-electron chi connectivity index (χ1n) is 10.1. The van der Waals surface area contributed by atoms with Gasteiger partial charge in [-0.25, -0.2) is 9.80 Å². The lowest BCUT2D eigenvalue weighted by Gasteiger charge is -2.20. The van der Waals surface area contributed by atoms with Gasteiger partial charge < -0.3 is 4.74 Å². The van der Waals surface area contributed by atoms with Gasteiger partial charge >= 0.3 is 5.97 Å². The molecule has 154 valence electrons. The molecule has 0 radical (unpaired) electrons. The molecule has 0 unspecified atom stereocenters. The van der Waals surface area contributed by atoms with Crippen LogP contribution in [-0.2, 0) is 9.59 Å². The molecule has 0 spiro atoms. The molecule has 5 nitrogen and oxygen atoms in total. The van der Waals surface area contributed by atoms with Gasteiger partial charge in [-0.1, -0.05) is 72.8 Å². The first-order valence-corrected chi connectivity index (χ1v) is 10.1. The normalized spacial score (nSPS) is 15.7. The smallest absolute Gasteiger partial charge is 0.336 e. The summed E-state index contributed by atoms with van der Waals surface area (Å²) in [5.74, 6) is -0.191. The van der Waals surface area contributed by atoms with Gasteiger partial charge in [-0.05, 0) is 29.3 Å². The number of carbonyl (C=O) groups excluding carboxylic acids is 2. The number of carbonyl (C=O) groups is 2. The van der Waals surface area contributed by atoms with Crippen LogP contribution in [0.1, 0.15) is 36.1 Å². The average molecular weight is 410 g/mol. The number of nitrogens with zero attached hydrogens (tertiary/aromatic N) is 2. The lowest BCUT2D eigenvalue weighted by Crippen LogP contribution is -2.24. The number of hydrazone groups is 1. The van der Waals surface area contributed by atoms with Crippen LogP contribution in [0, 0.1) is 0 Å². The second-order valence-electron chi connectivity index (χ2n) is 7.20. The number of rotatable bonds is 5. The number of hydrogen-bond acceptors (Lipinski definition) is 4. The van der Waals surface area contributed by atoms with Crippen LogP contribution in [0.15, 0.2) is 96.1 Å². The SMILES string of the molecule is CC(=O)N1N=C(c2ccccc2OC(=O)/C=C/c2ccccc2)C[C@H]1c1ccccc1. The van der Waals surface area contributed by atoms with Gasteiger partial charge in [0.1, 0.15) is 5.75 Å². The van der Waals surface area contributed by atoms with Gasteiger partial charge in [0.15, 0.2) is 0 Å². The summed E-state index contributed by atoms with van der Waals surface area (Å²) in [7, 11) is 0. The summed E-state index contributed by atoms with van der Waals surface area (Å²) >= 11 is 0. The number of para-hydroxylation sites is 1. The highest BCUT2D eigenvalue weighted by Gasteiger charge is 2.32. The van der Waals surface area contributed by atoms with E-state index in [4.69, 9.17) is 4.74 Å². The van der Waals surface area contributed by atoms with E-state index in [1.165, 1.54) is 18.0 Å². The summed E-state index contributed by atoms with van der Waals surface area (Å²) < 4.78 is 5.61. The second kappa shape index (κ2) is 9.22. The largest absolute Gasteiger partial charge is 0.423 e. The van der Waals surface area contributed by atoms with Crippen molar-refractivity contribution in [3.8, 4) is 5.75 Å². The van der Waals surface area contributed by atoms with Crippen molar-refractivity contribution < 1.29 is 14.3 Å². The van der Waals surface area contributed by atoms with Gasteiger partial charge in [-0.3, -0.25) is 4.79 Å². The van der Waals surface area contributed by atoms with Crippen molar-refractivity contribution in [2.24, 2.45) is 5.10 Å². The molecule has 1 aliphatic heterocycles. The van der Waals surface area contributed by atoms with Crippen LogP contribution in [0.2, 0.25) is 0 Å². The van der Waals surface area contributed by atoms with E-state index in [1.807, 2.05) is 72.8 Å². The molecule has 4 rings (SSSR count). The average Bonchev–Trinajstić information content (AvgIpc) is 3.25. The monoisotopic (exact) mass is 410 g/mol. The molecular formula is C26H22N2O3. The molecule has 0 aliphatic carbocycles. The molecule has 1 aliphatic rings. The highest BCUT2D eigenvalue weighted by atomic mass is 16.5. The first kappa shape index (κ1) is 20.3. The van der Waals surface area contributed by atoms with Crippen molar-refractivity contribution >= 4 is 23.7 Å². The molecule has 1 amide bonds. The van der Waals surface area contributed by atoms with Crippen LogP contribution >= 0.6 is 0 Å². The van der Waals surface area contributed by atoms with Crippen molar-refractivity contribution in [2.75, 3.05) is 0 Å². The summed E-state index contributed by atoms with van der Waals surface area (Å²) in [4.78, 5) is 24.6. The number of ether oxygens (including phenoxy) is 1. The van der Waals surface area contributed by atoms with Crippen LogP contribution in [0.5, 0.6) is 5.75 Å². The van der Waals surface area contributed by atoms with Gasteiger partial charge in [-0.2, -0.15) is 5.10 Å². The van der Waals surface area contributed by atoms with Crippen molar-refractivity contribution in [3.63, 3.8) is 0 Å². The van der Waals surface area contributed by atoms with Crippen LogP contribution in [0.3, 0.4) is 0 Å². The summed E-state index contributed by atoms with van der Waals surface area (Å²) in [6.45, 7) is 1.50. The van der Waals surface area contributed by atoms with Crippen LogP contribution < -0.4 is 4.74 Å². The zero-order valence-corrected chi connectivity index (χ0v) is 17.1. The topological polar surface area (TPSA) is 59.0 Å². The Morgan fingerprint density at radius 3 is 2.29 bits per heavy atom. The fourth-order valence-corrected chi connectivity index (χ4v) is 3.56. The highest BCUT2D eigenvalue weighted by molar-refractivity contribution is 6.05. The first-order chi connectivity index (χ1) is 15.1. The van der Waals surface area contributed by atoms with Crippen molar-refractivity contribution in [1.29, 1.82) is 0 Å². The summed E-state index contributed by atoms with van der Waals surface area (Å²) in [5.41, 5.74) is 3.33. The van der Waals surface area contributed by atoms with E-state index in [1.54, 1.807) is 18.2 Å². The lowest BCUT2D eigenvalue weighted by molar-refractivity contribution is -0.131. The van der Waals surface area contributed by atoms with E-state index in [-0.39, 0.29) is 11.9 Å². The molecular weight excluding hydrogens is 388 g/mol. The Bertz CT molecular complexity index is 1140. The molecule has 0 aromatic heterocycles. The van der Waals surface area contributed by atoms with Crippen molar-refractivity contribution in [1.82, 2.24) is 5.01 Å². The molecule has 0 bridgehead atoms. The summed E-state index contributed by atoms with van der Waals surface area (Å²) in [6, 6.07) is 26.4. The Balaban J connectivity index is 1.56. The Labute approximate surface area is 181 Å². The summed E-state index contributed by atoms with van der Waals surface area (Å²) in [6.07, 6.45) is 3.65. The molecule has 31 heavy (non-hydrogen) atoms. The van der Waals surface area contributed by atoms with Gasteiger partial charge in [-0.15, -0.1) is 0 Å². The van der Waals surface area contributed by atoms with Gasteiger partial charge in [0.25, 0.3) is 0 Å². The molecule has 0 fully saturated rings. The Kier molecular flexibility index (Phi) is 6.03. The Hall–Kier alpha value is -3.99. The summed E-state index contributed by atoms with van der Waals surface area (Å²) in [5, 5.41) is 6.07. The van der Waals surface area contributed by atoms with Gasteiger partial charge in [0.2, 0.25) is 5.91 Å². The number of esters is 1. The van der Waals surface area contributed by atoms with Crippen LogP contribution in [-0.4, -0.2) is 22.6 Å². The number of hydrogen-bond donors (Lipinski definition) is 0. The number of amides is 1. The van der Waals surface area contributed by atoms with E-state index < -0.39 is 5.97 Å². The molecule has 1 atom stereocenters. The van der Waals surface area contributed by atoms with E-state index in [9.17, 15) is 9.59 Å². The fraction of sp³-hybridized carbons (Fsp3) is 0.115. The zero-order chi connectivity index (χ0) is 21.6. The quantitative estimate of drug-likeness (QED) is 0.338. The third-order valence-electron chi connectivity index (χ3n) is 5.04. The molecule has 1 heterocycles. The fourth-order valence-electron chi connectivity index (χ4n) is 3.56. The standard InChI is InChI=1S/C26H22N2O3/c1-19(29)28-24(21-12-6-3-7-13-21)18-23(27-28)22-14-8-9-15-25(22)31-26(30)17-16-20-10-4-2-5-11-20/h2-17,24H,18H2,1H3/b17-16+/t24-/m0/s1. The lowest BCUT2D eigenvalue weighted by atomic mass is 9.98. The maximum absolute atomic E-state index is 12.4. The van der Waals surface area contributed by atoms with E-state index >= 15 is 0 Å². The van der Waals surface area contributed by atoms with E-state index in [0.29, 0.717) is 23.4 Å². The maximum atomic E-state index is 12.4. The third-order valence-corrected chi connectivity index (χ3v) is 5.04. The highest BCUT2D eigenvalue weighted by Crippen LogP contribution is 2.34. The minimum absolute atomic E-state index is 0.135. The molecule has 3 aromatic rings. The third kappa shape index (κ3) is 4.78. The minimum atomic E-state index is -0.474.